The summed E-state index contributed by atoms with van der Waals surface area (Å²) in [6, 6.07) is 0. The first-order chi connectivity index (χ1) is 16.3. The van der Waals surface area contributed by atoms with E-state index in [-0.39, 0.29) is 17.1 Å². The fourth-order valence-electron chi connectivity index (χ4n) is 3.26. The standard InChI is InChI=1S/C12H21N5O15P4/c13-12-15-9-6(10(19)16-12)14-2-17(9)11-7(18)8(32-36(28,29)4-34(23,24)25)5(31-11)1-30-35(26,27)3-33(20,21)22/h2,5,7-8,11,18H,1,3-4H2,(H,26,27)(H,28,29)(H2,20,21,22)(H2,23,24,25)(H3,13,15,16,19)/t5-,7?,8?,11-/m1/s1. The van der Waals surface area contributed by atoms with Crippen LogP contribution in [0.2, 0.25) is 0 Å². The van der Waals surface area contributed by atoms with E-state index < -0.39 is 78.9 Å². The highest BCUT2D eigenvalue weighted by Crippen LogP contribution is 2.58. The molecule has 6 atom stereocenters. The molecule has 0 bridgehead atoms. The molecule has 1 saturated heterocycles. The van der Waals surface area contributed by atoms with E-state index in [4.69, 9.17) is 34.6 Å². The van der Waals surface area contributed by atoms with E-state index in [0.717, 1.165) is 10.9 Å². The van der Waals surface area contributed by atoms with E-state index in [1.54, 1.807) is 0 Å². The Balaban J connectivity index is 1.95. The number of aliphatic hydroxyl groups excluding tert-OH is 1. The number of ether oxygens (including phenoxy) is 1. The van der Waals surface area contributed by atoms with Gasteiger partial charge in [-0.05, 0) is 0 Å². The molecule has 1 fully saturated rings. The lowest BCUT2D eigenvalue weighted by molar-refractivity contribution is -0.0479. The Morgan fingerprint density at radius 3 is 2.22 bits per heavy atom. The lowest BCUT2D eigenvalue weighted by Crippen LogP contribution is -2.36. The quantitative estimate of drug-likeness (QED) is 0.133. The summed E-state index contributed by atoms with van der Waals surface area (Å²) in [6.45, 7) is -1.05. The smallest absolute Gasteiger partial charge is 0.340 e. The Labute approximate surface area is 199 Å². The van der Waals surface area contributed by atoms with Crippen LogP contribution in [-0.4, -0.2) is 90.7 Å². The summed E-state index contributed by atoms with van der Waals surface area (Å²) in [5.41, 5.74) is 4.26. The van der Waals surface area contributed by atoms with Gasteiger partial charge in [0, 0.05) is 0 Å². The van der Waals surface area contributed by atoms with Crippen molar-refractivity contribution >= 4 is 47.5 Å². The first-order valence-corrected chi connectivity index (χ1v) is 16.5. The van der Waals surface area contributed by atoms with E-state index in [2.05, 4.69) is 19.5 Å². The van der Waals surface area contributed by atoms with Crippen LogP contribution in [0.4, 0.5) is 5.95 Å². The van der Waals surface area contributed by atoms with Crippen LogP contribution in [0.15, 0.2) is 11.1 Å². The highest BCUT2D eigenvalue weighted by atomic mass is 31.2. The molecule has 24 heteroatoms. The largest absolute Gasteiger partial charge is 0.386 e. The number of aromatic nitrogens is 4. The van der Waals surface area contributed by atoms with Crippen molar-refractivity contribution in [2.75, 3.05) is 24.1 Å². The molecule has 3 heterocycles. The number of nitrogens with zero attached hydrogens (tertiary/aromatic N) is 3. The van der Waals surface area contributed by atoms with Crippen LogP contribution in [0.5, 0.6) is 0 Å². The third kappa shape index (κ3) is 7.37. The van der Waals surface area contributed by atoms with Crippen LogP contribution in [0, 0.1) is 0 Å². The Hall–Kier alpha value is -1.33. The molecule has 20 nitrogen and oxygen atoms in total. The van der Waals surface area contributed by atoms with E-state index >= 15 is 0 Å². The summed E-state index contributed by atoms with van der Waals surface area (Å²) >= 11 is 0. The van der Waals surface area contributed by atoms with Crippen molar-refractivity contribution in [1.29, 1.82) is 0 Å². The predicted molar refractivity (Wildman–Crippen MR) is 117 cm³/mol. The van der Waals surface area contributed by atoms with Gasteiger partial charge < -0.3 is 49.5 Å². The van der Waals surface area contributed by atoms with Crippen molar-refractivity contribution in [2.45, 2.75) is 24.5 Å². The van der Waals surface area contributed by atoms with Crippen molar-refractivity contribution in [3.05, 3.63) is 16.7 Å². The molecule has 204 valence electrons. The number of fused-ring (bicyclic) bond motifs is 1. The van der Waals surface area contributed by atoms with Crippen LogP contribution >= 0.6 is 30.4 Å². The molecule has 0 amide bonds. The second kappa shape index (κ2) is 10.1. The van der Waals surface area contributed by atoms with E-state index in [9.17, 15) is 37.9 Å². The van der Waals surface area contributed by atoms with E-state index in [0.29, 0.717) is 0 Å². The summed E-state index contributed by atoms with van der Waals surface area (Å²) in [4.78, 5) is 77.3. The third-order valence-corrected chi connectivity index (χ3v) is 11.4. The van der Waals surface area contributed by atoms with Gasteiger partial charge in [-0.3, -0.25) is 37.1 Å². The molecule has 0 aliphatic carbocycles. The normalized spacial score (nSPS) is 26.6. The molecule has 1 aliphatic rings. The van der Waals surface area contributed by atoms with Gasteiger partial charge in [0.2, 0.25) is 5.95 Å². The molecule has 4 unspecified atom stereocenters. The van der Waals surface area contributed by atoms with Gasteiger partial charge in [-0.15, -0.1) is 0 Å². The molecule has 1 aliphatic heterocycles. The maximum absolute atomic E-state index is 12.3. The first kappa shape index (κ1) is 29.2. The number of nitrogen functional groups attached to an aromatic ring is 1. The lowest BCUT2D eigenvalue weighted by Gasteiger charge is -2.24. The van der Waals surface area contributed by atoms with Crippen molar-refractivity contribution in [2.24, 2.45) is 0 Å². The van der Waals surface area contributed by atoms with Gasteiger partial charge in [-0.25, -0.2) is 4.98 Å². The van der Waals surface area contributed by atoms with Gasteiger partial charge in [0.15, 0.2) is 29.2 Å². The Morgan fingerprint density at radius 2 is 1.64 bits per heavy atom. The van der Waals surface area contributed by atoms with Gasteiger partial charge in [-0.2, -0.15) is 4.98 Å². The number of hydrogen-bond donors (Lipinski definition) is 9. The average molecular weight is 599 g/mol. The maximum atomic E-state index is 12.3. The highest BCUT2D eigenvalue weighted by Gasteiger charge is 2.50. The van der Waals surface area contributed by atoms with Gasteiger partial charge in [0.05, 0.1) is 12.9 Å². The molecule has 36 heavy (non-hydrogen) atoms. The second-order valence-corrected chi connectivity index (χ2v) is 15.5. The van der Waals surface area contributed by atoms with Gasteiger partial charge in [0.25, 0.3) is 5.56 Å². The molecular formula is C12H21N5O15P4. The fraction of sp³-hybridized carbons (Fsp3) is 0.583. The molecular weight excluding hydrogens is 578 g/mol. The number of aromatic amines is 1. The first-order valence-electron chi connectivity index (χ1n) is 9.38. The van der Waals surface area contributed by atoms with E-state index in [1.807, 2.05) is 0 Å². The second-order valence-electron chi connectivity index (χ2n) is 7.58. The Bertz CT molecular complexity index is 1380. The molecule has 0 aromatic carbocycles. The number of nitrogens with two attached hydrogens (primary N) is 1. The number of aliphatic hydroxyl groups is 1. The number of rotatable bonds is 10. The summed E-state index contributed by atoms with van der Waals surface area (Å²) in [7, 11) is -20.2. The van der Waals surface area contributed by atoms with Crippen LogP contribution in [0.1, 0.15) is 6.23 Å². The van der Waals surface area contributed by atoms with Crippen LogP contribution in [0.25, 0.3) is 11.2 Å². The lowest BCUT2D eigenvalue weighted by atomic mass is 10.1. The molecule has 10 N–H and O–H groups in total. The SMILES string of the molecule is Nc1nc2c(ncn2[C@@H]2O[C@H](COP(=O)(O)CP(=O)(O)O)C(OP(=O)(O)CP(=O)(O)O)C2O)c(=O)[nH]1. The summed E-state index contributed by atoms with van der Waals surface area (Å²) in [6.07, 6.45) is -6.30. The van der Waals surface area contributed by atoms with Crippen molar-refractivity contribution in [1.82, 2.24) is 19.5 Å². The van der Waals surface area contributed by atoms with Crippen LogP contribution in [0.3, 0.4) is 0 Å². The zero-order chi connectivity index (χ0) is 27.3. The molecule has 3 rings (SSSR count). The average Bonchev–Trinajstić information content (AvgIpc) is 3.18. The Morgan fingerprint density at radius 1 is 1.06 bits per heavy atom. The van der Waals surface area contributed by atoms with Gasteiger partial charge in [-0.1, -0.05) is 0 Å². The number of nitrogens with one attached hydrogen (secondary N) is 1. The molecule has 2 aromatic heterocycles. The number of H-pyrrole nitrogens is 1. The van der Waals surface area contributed by atoms with E-state index in [1.165, 1.54) is 0 Å². The zero-order valence-corrected chi connectivity index (χ0v) is 21.2. The molecule has 0 saturated carbocycles. The van der Waals surface area contributed by atoms with Gasteiger partial charge >= 0.3 is 30.4 Å². The third-order valence-electron chi connectivity index (χ3n) is 4.49. The minimum Gasteiger partial charge on any atom is -0.386 e. The zero-order valence-electron chi connectivity index (χ0n) is 17.6. The summed E-state index contributed by atoms with van der Waals surface area (Å²) in [5, 5.41) is 10.8. The molecule has 0 spiro atoms. The molecule has 0 radical (unpaired) electrons. The highest BCUT2D eigenvalue weighted by molar-refractivity contribution is 7.70. The topological polar surface area (TPSA) is 327 Å². The summed E-state index contributed by atoms with van der Waals surface area (Å²) < 4.78 is 62.5. The monoisotopic (exact) mass is 599 g/mol. The number of anilines is 1. The minimum atomic E-state index is -5.13. The fourth-order valence-corrected chi connectivity index (χ4v) is 8.60. The Kier molecular flexibility index (Phi) is 8.19. The number of imidazole rings is 1. The predicted octanol–water partition coefficient (Wildman–Crippen LogP) is -2.00. The minimum absolute atomic E-state index is 0.225. The van der Waals surface area contributed by atoms with Crippen molar-refractivity contribution in [3.8, 4) is 0 Å². The van der Waals surface area contributed by atoms with Crippen molar-refractivity contribution in [3.63, 3.8) is 0 Å². The molecule has 2 aromatic rings. The summed E-state index contributed by atoms with van der Waals surface area (Å²) in [5.74, 6) is -3.59. The van der Waals surface area contributed by atoms with Gasteiger partial charge in [0.1, 0.15) is 18.3 Å². The van der Waals surface area contributed by atoms with Crippen LogP contribution < -0.4 is 11.3 Å². The van der Waals surface area contributed by atoms with Crippen molar-refractivity contribution < 1.29 is 66.5 Å². The number of hydrogen-bond acceptors (Lipinski definition) is 12. The van der Waals surface area contributed by atoms with Crippen LogP contribution in [-0.2, 0) is 32.0 Å². The maximum Gasteiger partial charge on any atom is 0.340 e.